The summed E-state index contributed by atoms with van der Waals surface area (Å²) in [6.07, 6.45) is 0. The van der Waals surface area contributed by atoms with Crippen molar-refractivity contribution < 1.29 is 45.6 Å². The molecule has 13 heteroatoms. The molecular formula is C19H11F5N2O6. The average molecular weight is 458 g/mol. The van der Waals surface area contributed by atoms with E-state index >= 15 is 0 Å². The molecule has 2 aromatic carbocycles. The number of non-ortho nitro benzene ring substituents is 1. The van der Waals surface area contributed by atoms with Gasteiger partial charge in [0.2, 0.25) is 29.1 Å². The number of carbonyl (C=O) groups excluding carboxylic acids is 1. The fourth-order valence-corrected chi connectivity index (χ4v) is 2.50. The number of nitrogens with one attached hydrogen (secondary N) is 1. The maximum atomic E-state index is 13.6. The van der Waals surface area contributed by atoms with Gasteiger partial charge in [-0.15, -0.1) is 0 Å². The van der Waals surface area contributed by atoms with Crippen molar-refractivity contribution in [3.63, 3.8) is 0 Å². The lowest BCUT2D eigenvalue weighted by atomic mass is 10.2. The van der Waals surface area contributed by atoms with Crippen LogP contribution >= 0.6 is 0 Å². The molecule has 0 aliphatic heterocycles. The number of hydrogen-bond donors (Lipinski definition) is 1. The SMILES string of the molecule is COc1cc(NC(=O)c2ccc(COc3c(F)c(F)c(F)c(F)c3F)o2)cc([N+](=O)[O-])c1. The van der Waals surface area contributed by atoms with Crippen LogP contribution < -0.4 is 14.8 Å². The van der Waals surface area contributed by atoms with E-state index in [1.807, 2.05) is 0 Å². The molecule has 1 aromatic heterocycles. The molecule has 0 unspecified atom stereocenters. The fourth-order valence-electron chi connectivity index (χ4n) is 2.50. The average Bonchev–Trinajstić information content (AvgIpc) is 3.25. The third-order valence-corrected chi connectivity index (χ3v) is 4.01. The lowest BCUT2D eigenvalue weighted by Crippen LogP contribution is -2.11. The summed E-state index contributed by atoms with van der Waals surface area (Å²) < 4.78 is 81.4. The number of nitro groups is 1. The molecule has 1 heterocycles. The highest BCUT2D eigenvalue weighted by Crippen LogP contribution is 2.30. The van der Waals surface area contributed by atoms with Crippen LogP contribution in [0.4, 0.5) is 33.3 Å². The van der Waals surface area contributed by atoms with Crippen molar-refractivity contribution in [1.29, 1.82) is 0 Å². The topological polar surface area (TPSA) is 104 Å². The molecule has 1 N–H and O–H groups in total. The largest absolute Gasteiger partial charge is 0.496 e. The highest BCUT2D eigenvalue weighted by atomic mass is 19.2. The van der Waals surface area contributed by atoms with Crippen LogP contribution in [-0.2, 0) is 6.61 Å². The Balaban J connectivity index is 1.74. The van der Waals surface area contributed by atoms with E-state index in [0.717, 1.165) is 24.3 Å². The van der Waals surface area contributed by atoms with Gasteiger partial charge < -0.3 is 19.2 Å². The molecule has 0 atom stereocenters. The van der Waals surface area contributed by atoms with Gasteiger partial charge in [0.15, 0.2) is 11.5 Å². The van der Waals surface area contributed by atoms with Crippen molar-refractivity contribution in [2.45, 2.75) is 6.61 Å². The quantitative estimate of drug-likeness (QED) is 0.181. The number of nitro benzene ring substituents is 1. The molecular weight excluding hydrogens is 447 g/mol. The van der Waals surface area contributed by atoms with Crippen LogP contribution in [0.15, 0.2) is 34.7 Å². The van der Waals surface area contributed by atoms with Crippen LogP contribution in [0.1, 0.15) is 16.3 Å². The number of anilines is 1. The molecule has 3 rings (SSSR count). The van der Waals surface area contributed by atoms with Gasteiger partial charge in [-0.05, 0) is 12.1 Å². The van der Waals surface area contributed by atoms with E-state index in [2.05, 4.69) is 10.1 Å². The first-order chi connectivity index (χ1) is 15.1. The second-order valence-electron chi connectivity index (χ2n) is 6.08. The number of methoxy groups -OCH3 is 1. The van der Waals surface area contributed by atoms with Gasteiger partial charge in [0.05, 0.1) is 23.8 Å². The second kappa shape index (κ2) is 8.91. The Kier molecular flexibility index (Phi) is 6.27. The number of furan rings is 1. The Bertz CT molecular complexity index is 1180. The first-order valence-corrected chi connectivity index (χ1v) is 8.50. The van der Waals surface area contributed by atoms with Gasteiger partial charge in [0, 0.05) is 12.1 Å². The zero-order chi connectivity index (χ0) is 23.6. The van der Waals surface area contributed by atoms with E-state index in [1.165, 1.54) is 13.2 Å². The van der Waals surface area contributed by atoms with E-state index in [0.29, 0.717) is 0 Å². The van der Waals surface area contributed by atoms with Gasteiger partial charge in [0.25, 0.3) is 11.6 Å². The van der Waals surface area contributed by atoms with Gasteiger partial charge in [0.1, 0.15) is 18.1 Å². The minimum atomic E-state index is -2.33. The van der Waals surface area contributed by atoms with E-state index in [4.69, 9.17) is 9.15 Å². The molecule has 0 radical (unpaired) electrons. The molecule has 0 saturated carbocycles. The molecule has 0 saturated heterocycles. The number of benzene rings is 2. The van der Waals surface area contributed by atoms with Gasteiger partial charge in [-0.3, -0.25) is 14.9 Å². The van der Waals surface area contributed by atoms with Gasteiger partial charge in [-0.25, -0.2) is 13.2 Å². The highest BCUT2D eigenvalue weighted by Gasteiger charge is 2.27. The van der Waals surface area contributed by atoms with Crippen LogP contribution in [-0.4, -0.2) is 17.9 Å². The van der Waals surface area contributed by atoms with E-state index < -0.39 is 52.3 Å². The molecule has 0 bridgehead atoms. The van der Waals surface area contributed by atoms with Crippen molar-refractivity contribution in [2.24, 2.45) is 0 Å². The number of carbonyl (C=O) groups is 1. The lowest BCUT2D eigenvalue weighted by Gasteiger charge is -2.09. The minimum absolute atomic E-state index is 0.0108. The summed E-state index contributed by atoms with van der Waals surface area (Å²) in [7, 11) is 1.27. The van der Waals surface area contributed by atoms with Crippen LogP contribution in [0, 0.1) is 39.2 Å². The zero-order valence-electron chi connectivity index (χ0n) is 15.9. The fraction of sp³-hybridized carbons (Fsp3) is 0.105. The van der Waals surface area contributed by atoms with Crippen LogP contribution in [0.25, 0.3) is 0 Å². The number of rotatable bonds is 7. The molecule has 0 fully saturated rings. The summed E-state index contributed by atoms with van der Waals surface area (Å²) in [4.78, 5) is 22.6. The minimum Gasteiger partial charge on any atom is -0.496 e. The maximum Gasteiger partial charge on any atom is 0.291 e. The number of ether oxygens (including phenoxy) is 2. The monoisotopic (exact) mass is 458 g/mol. The maximum absolute atomic E-state index is 13.6. The summed E-state index contributed by atoms with van der Waals surface area (Å²) in [6, 6.07) is 5.81. The molecule has 0 spiro atoms. The third-order valence-electron chi connectivity index (χ3n) is 4.01. The zero-order valence-corrected chi connectivity index (χ0v) is 15.9. The summed E-state index contributed by atoms with van der Waals surface area (Å²) in [5.74, 6) is -13.8. The summed E-state index contributed by atoms with van der Waals surface area (Å²) in [5, 5.41) is 13.3. The first-order valence-electron chi connectivity index (χ1n) is 8.50. The van der Waals surface area contributed by atoms with Crippen molar-refractivity contribution in [1.82, 2.24) is 0 Å². The normalized spacial score (nSPS) is 10.7. The van der Waals surface area contributed by atoms with E-state index in [9.17, 15) is 36.9 Å². The molecule has 8 nitrogen and oxygen atoms in total. The molecule has 1 amide bonds. The smallest absolute Gasteiger partial charge is 0.291 e. The highest BCUT2D eigenvalue weighted by molar-refractivity contribution is 6.02. The number of hydrogen-bond acceptors (Lipinski definition) is 6. The van der Waals surface area contributed by atoms with Crippen molar-refractivity contribution in [3.8, 4) is 11.5 Å². The van der Waals surface area contributed by atoms with Crippen LogP contribution in [0.2, 0.25) is 0 Å². The Morgan fingerprint density at radius 3 is 2.25 bits per heavy atom. The Morgan fingerprint density at radius 1 is 1.03 bits per heavy atom. The number of amides is 1. The summed E-state index contributed by atoms with van der Waals surface area (Å²) in [5.41, 5.74) is -0.340. The van der Waals surface area contributed by atoms with E-state index in [1.54, 1.807) is 0 Å². The number of nitrogens with zero attached hydrogens (tertiary/aromatic N) is 1. The van der Waals surface area contributed by atoms with E-state index in [-0.39, 0.29) is 28.6 Å². The molecule has 32 heavy (non-hydrogen) atoms. The van der Waals surface area contributed by atoms with Gasteiger partial charge in [-0.1, -0.05) is 0 Å². The van der Waals surface area contributed by atoms with Crippen molar-refractivity contribution in [2.75, 3.05) is 12.4 Å². The third kappa shape index (κ3) is 4.45. The van der Waals surface area contributed by atoms with Crippen LogP contribution in [0.3, 0.4) is 0 Å². The second-order valence-corrected chi connectivity index (χ2v) is 6.08. The Labute approximate surface area is 175 Å². The summed E-state index contributed by atoms with van der Waals surface area (Å²) in [6.45, 7) is -0.768. The van der Waals surface area contributed by atoms with Gasteiger partial charge in [-0.2, -0.15) is 8.78 Å². The first kappa shape index (κ1) is 22.5. The number of halogens is 5. The predicted molar refractivity (Wildman–Crippen MR) is 96.9 cm³/mol. The molecule has 3 aromatic rings. The Morgan fingerprint density at radius 2 is 1.66 bits per heavy atom. The van der Waals surface area contributed by atoms with Crippen molar-refractivity contribution >= 4 is 17.3 Å². The van der Waals surface area contributed by atoms with Crippen LogP contribution in [0.5, 0.6) is 11.5 Å². The molecule has 0 aliphatic rings. The summed E-state index contributed by atoms with van der Waals surface area (Å²) >= 11 is 0. The molecule has 168 valence electrons. The lowest BCUT2D eigenvalue weighted by molar-refractivity contribution is -0.384. The Hall–Kier alpha value is -4.16. The van der Waals surface area contributed by atoms with Crippen molar-refractivity contribution in [3.05, 3.63) is 81.1 Å². The standard InChI is InChI=1S/C19H11F5N2O6/c1-30-11-5-8(4-9(6-11)26(28)29)25-19(27)12-3-2-10(32-12)7-31-18-16(23)14(21)13(20)15(22)17(18)24/h2-6H,7H2,1H3,(H,25,27). The van der Waals surface area contributed by atoms with Gasteiger partial charge >= 0.3 is 0 Å². The molecule has 0 aliphatic carbocycles. The predicted octanol–water partition coefficient (Wildman–Crippen LogP) is 4.72.